The molecule has 1 atom stereocenters. The maximum absolute atomic E-state index is 13.2. The summed E-state index contributed by atoms with van der Waals surface area (Å²) in [6.07, 6.45) is 0. The van der Waals surface area contributed by atoms with E-state index in [1.54, 1.807) is 38.1 Å². The molecule has 1 N–H and O–H groups in total. The summed E-state index contributed by atoms with van der Waals surface area (Å²) in [4.78, 5) is 12.0. The average Bonchev–Trinajstić information content (AvgIpc) is 2.66. The lowest BCUT2D eigenvalue weighted by molar-refractivity contribution is -0.142. The first-order valence-electron chi connectivity index (χ1n) is 9.94. The number of sulfonamides is 1. The molecular formula is C23H29NO4S2. The Bertz CT molecular complexity index is 1020. The van der Waals surface area contributed by atoms with Crippen LogP contribution in [0.2, 0.25) is 0 Å². The third kappa shape index (κ3) is 4.43. The third-order valence-electron chi connectivity index (χ3n) is 5.51. The fraction of sp³-hybridized carbons (Fsp3) is 0.435. The van der Waals surface area contributed by atoms with Gasteiger partial charge < -0.3 is 5.11 Å². The number of hydrogen-bond donors (Lipinski definition) is 1. The molecular weight excluding hydrogens is 418 g/mol. The Labute approximate surface area is 183 Å². The van der Waals surface area contributed by atoms with E-state index in [1.807, 2.05) is 12.1 Å². The molecule has 1 aliphatic rings. The van der Waals surface area contributed by atoms with Crippen LogP contribution in [0, 0.1) is 0 Å². The van der Waals surface area contributed by atoms with E-state index in [4.69, 9.17) is 0 Å². The SMILES string of the molecule is CC(C)(C)c1ccc(-c2ccc(S(=O)(=O)N3CCSC(C)(C)[C@@H]3C(=O)O)cc2)cc1. The van der Waals surface area contributed by atoms with Crippen molar-refractivity contribution in [3.05, 3.63) is 54.1 Å². The van der Waals surface area contributed by atoms with E-state index in [-0.39, 0.29) is 16.9 Å². The Balaban J connectivity index is 1.90. The zero-order valence-corrected chi connectivity index (χ0v) is 19.7. The molecule has 0 saturated carbocycles. The Morgan fingerprint density at radius 1 is 1.03 bits per heavy atom. The maximum Gasteiger partial charge on any atom is 0.323 e. The number of thioether (sulfide) groups is 1. The molecule has 7 heteroatoms. The van der Waals surface area contributed by atoms with Crippen molar-refractivity contribution in [3.63, 3.8) is 0 Å². The van der Waals surface area contributed by atoms with Crippen LogP contribution in [0.3, 0.4) is 0 Å². The van der Waals surface area contributed by atoms with Gasteiger partial charge in [0.1, 0.15) is 6.04 Å². The van der Waals surface area contributed by atoms with Crippen molar-refractivity contribution in [2.24, 2.45) is 0 Å². The first-order chi connectivity index (χ1) is 13.8. The number of aliphatic carboxylic acids is 1. The molecule has 1 fully saturated rings. The Kier molecular flexibility index (Phi) is 6.11. The number of carbonyl (C=O) groups is 1. The van der Waals surface area contributed by atoms with Crippen molar-refractivity contribution in [2.45, 2.75) is 55.7 Å². The highest BCUT2D eigenvalue weighted by Crippen LogP contribution is 2.38. The van der Waals surface area contributed by atoms with Crippen LogP contribution in [0.5, 0.6) is 0 Å². The van der Waals surface area contributed by atoms with Crippen molar-refractivity contribution in [3.8, 4) is 11.1 Å². The topological polar surface area (TPSA) is 74.7 Å². The van der Waals surface area contributed by atoms with E-state index in [0.29, 0.717) is 5.75 Å². The van der Waals surface area contributed by atoms with Gasteiger partial charge in [0.2, 0.25) is 10.0 Å². The molecule has 0 spiro atoms. The van der Waals surface area contributed by atoms with Gasteiger partial charge in [-0.25, -0.2) is 8.42 Å². The average molecular weight is 448 g/mol. The summed E-state index contributed by atoms with van der Waals surface area (Å²) in [5.41, 5.74) is 3.22. The maximum atomic E-state index is 13.2. The first-order valence-corrected chi connectivity index (χ1v) is 12.4. The lowest BCUT2D eigenvalue weighted by Crippen LogP contribution is -2.58. The van der Waals surface area contributed by atoms with Crippen molar-refractivity contribution in [1.82, 2.24) is 4.31 Å². The molecule has 3 rings (SSSR count). The molecule has 1 saturated heterocycles. The Morgan fingerprint density at radius 2 is 1.53 bits per heavy atom. The van der Waals surface area contributed by atoms with Crippen molar-refractivity contribution in [1.29, 1.82) is 0 Å². The number of hydrogen-bond acceptors (Lipinski definition) is 4. The Hall–Kier alpha value is -1.83. The number of carboxylic acid groups (broad SMARTS) is 1. The van der Waals surface area contributed by atoms with Crippen LogP contribution < -0.4 is 0 Å². The number of carboxylic acids is 1. The van der Waals surface area contributed by atoms with Crippen LogP contribution in [-0.4, -0.2) is 46.9 Å². The van der Waals surface area contributed by atoms with Crippen LogP contribution in [0.15, 0.2) is 53.4 Å². The van der Waals surface area contributed by atoms with E-state index in [1.165, 1.54) is 17.3 Å². The van der Waals surface area contributed by atoms with E-state index >= 15 is 0 Å². The fourth-order valence-corrected chi connectivity index (χ4v) is 6.85. The minimum atomic E-state index is -3.91. The quantitative estimate of drug-likeness (QED) is 0.740. The van der Waals surface area contributed by atoms with E-state index < -0.39 is 26.8 Å². The molecule has 0 amide bonds. The molecule has 0 radical (unpaired) electrons. The fourth-order valence-electron chi connectivity index (χ4n) is 3.75. The first kappa shape index (κ1) is 22.8. The summed E-state index contributed by atoms with van der Waals surface area (Å²) in [6.45, 7) is 10.2. The molecule has 2 aromatic rings. The zero-order chi connectivity index (χ0) is 22.3. The minimum Gasteiger partial charge on any atom is -0.480 e. The van der Waals surface area contributed by atoms with Crippen molar-refractivity contribution >= 4 is 27.8 Å². The van der Waals surface area contributed by atoms with E-state index in [0.717, 1.165) is 15.4 Å². The van der Waals surface area contributed by atoms with Gasteiger partial charge in [0.25, 0.3) is 0 Å². The van der Waals surface area contributed by atoms with Crippen LogP contribution in [-0.2, 0) is 20.2 Å². The van der Waals surface area contributed by atoms with Gasteiger partial charge in [-0.3, -0.25) is 4.79 Å². The van der Waals surface area contributed by atoms with Gasteiger partial charge in [0.05, 0.1) is 4.90 Å². The molecule has 0 aromatic heterocycles. The summed E-state index contributed by atoms with van der Waals surface area (Å²) in [5, 5.41) is 9.71. The molecule has 1 aliphatic heterocycles. The van der Waals surface area contributed by atoms with Crippen LogP contribution in [0.25, 0.3) is 11.1 Å². The smallest absolute Gasteiger partial charge is 0.323 e. The van der Waals surface area contributed by atoms with Crippen LogP contribution in [0.4, 0.5) is 0 Å². The molecule has 30 heavy (non-hydrogen) atoms. The highest BCUT2D eigenvalue weighted by atomic mass is 32.2. The summed E-state index contributed by atoms with van der Waals surface area (Å²) < 4.78 is 26.9. The van der Waals surface area contributed by atoms with Gasteiger partial charge in [-0.15, -0.1) is 0 Å². The lowest BCUT2D eigenvalue weighted by Gasteiger charge is -2.42. The van der Waals surface area contributed by atoms with E-state index in [9.17, 15) is 18.3 Å². The molecule has 1 heterocycles. The third-order valence-corrected chi connectivity index (χ3v) is 8.74. The predicted molar refractivity (Wildman–Crippen MR) is 122 cm³/mol. The summed E-state index contributed by atoms with van der Waals surface area (Å²) in [5.74, 6) is -0.555. The number of rotatable bonds is 4. The van der Waals surface area contributed by atoms with Gasteiger partial charge >= 0.3 is 5.97 Å². The molecule has 0 aliphatic carbocycles. The van der Waals surface area contributed by atoms with Gasteiger partial charge in [-0.05, 0) is 48.1 Å². The van der Waals surface area contributed by atoms with Gasteiger partial charge in [0, 0.05) is 17.0 Å². The minimum absolute atomic E-state index is 0.0671. The molecule has 2 aromatic carbocycles. The number of nitrogens with zero attached hydrogens (tertiary/aromatic N) is 1. The molecule has 5 nitrogen and oxygen atoms in total. The Morgan fingerprint density at radius 3 is 2.00 bits per heavy atom. The highest BCUT2D eigenvalue weighted by molar-refractivity contribution is 8.00. The second-order valence-corrected chi connectivity index (χ2v) is 12.8. The molecule has 0 bridgehead atoms. The summed E-state index contributed by atoms with van der Waals surface area (Å²) >= 11 is 1.49. The van der Waals surface area contributed by atoms with Crippen molar-refractivity contribution < 1.29 is 18.3 Å². The molecule has 162 valence electrons. The lowest BCUT2D eigenvalue weighted by atomic mass is 9.86. The number of benzene rings is 2. The van der Waals surface area contributed by atoms with E-state index in [2.05, 4.69) is 32.9 Å². The normalized spacial score (nSPS) is 20.1. The largest absolute Gasteiger partial charge is 0.480 e. The van der Waals surface area contributed by atoms with Gasteiger partial charge in [0.15, 0.2) is 0 Å². The van der Waals surface area contributed by atoms with Crippen LogP contribution in [0.1, 0.15) is 40.2 Å². The van der Waals surface area contributed by atoms with Crippen LogP contribution >= 0.6 is 11.8 Å². The summed E-state index contributed by atoms with van der Waals surface area (Å²) in [6, 6.07) is 13.8. The van der Waals surface area contributed by atoms with Gasteiger partial charge in [-0.2, -0.15) is 16.1 Å². The second-order valence-electron chi connectivity index (χ2n) is 9.16. The predicted octanol–water partition coefficient (Wildman–Crippen LogP) is 4.62. The second kappa shape index (κ2) is 8.02. The molecule has 0 unspecified atom stereocenters. The standard InChI is InChI=1S/C23H29NO4S2/c1-22(2,3)18-10-6-16(7-11-18)17-8-12-19(13-9-17)30(27,28)24-14-15-29-23(4,5)20(24)21(25)26/h6-13,20H,14-15H2,1-5H3,(H,25,26)/t20-/m0/s1. The van der Waals surface area contributed by atoms with Gasteiger partial charge in [-0.1, -0.05) is 57.2 Å². The monoisotopic (exact) mass is 447 g/mol. The highest BCUT2D eigenvalue weighted by Gasteiger charge is 2.48. The zero-order valence-electron chi connectivity index (χ0n) is 18.0. The van der Waals surface area contributed by atoms with Crippen molar-refractivity contribution in [2.75, 3.05) is 12.3 Å². The summed E-state index contributed by atoms with van der Waals surface area (Å²) in [7, 11) is -3.91.